The molecule has 126 valence electrons. The number of carbonyl (C=O) groups is 1. The number of hydrogen-bond donors (Lipinski definition) is 2. The highest BCUT2D eigenvalue weighted by atomic mass is 16.3. The molecule has 2 aromatic rings. The van der Waals surface area contributed by atoms with Crippen molar-refractivity contribution in [2.45, 2.75) is 32.4 Å². The molecule has 0 aromatic heterocycles. The second kappa shape index (κ2) is 7.60. The molecule has 1 heterocycles. The summed E-state index contributed by atoms with van der Waals surface area (Å²) in [6, 6.07) is 15.1. The van der Waals surface area contributed by atoms with Crippen molar-refractivity contribution in [2.75, 3.05) is 18.4 Å². The molecule has 1 fully saturated rings. The van der Waals surface area contributed by atoms with Crippen LogP contribution in [0.3, 0.4) is 0 Å². The van der Waals surface area contributed by atoms with Crippen LogP contribution in [0.2, 0.25) is 0 Å². The normalized spacial score (nSPS) is 16.1. The lowest BCUT2D eigenvalue weighted by Gasteiger charge is -2.16. The Bertz CT molecular complexity index is 706. The number of aliphatic hydroxyl groups excluding tert-OH is 1. The van der Waals surface area contributed by atoms with Crippen molar-refractivity contribution in [1.82, 2.24) is 4.90 Å². The summed E-state index contributed by atoms with van der Waals surface area (Å²) in [5.74, 6) is -0.147. The third-order valence-corrected chi connectivity index (χ3v) is 4.45. The second-order valence-electron chi connectivity index (χ2n) is 6.40. The minimum absolute atomic E-state index is 0.147. The molecular formula is C20H24N2O2. The monoisotopic (exact) mass is 324 g/mol. The highest BCUT2D eigenvalue weighted by Crippen LogP contribution is 2.23. The summed E-state index contributed by atoms with van der Waals surface area (Å²) in [5, 5.41) is 12.8. The van der Waals surface area contributed by atoms with Crippen LogP contribution < -0.4 is 5.32 Å². The number of para-hydroxylation sites is 1. The highest BCUT2D eigenvalue weighted by Gasteiger charge is 2.14. The summed E-state index contributed by atoms with van der Waals surface area (Å²) in [6.07, 6.45) is 1.90. The number of nitrogens with one attached hydrogen (secondary N) is 1. The fourth-order valence-electron chi connectivity index (χ4n) is 3.18. The molecule has 2 aromatic carbocycles. The molecule has 0 spiro atoms. The predicted molar refractivity (Wildman–Crippen MR) is 96.0 cm³/mol. The lowest BCUT2D eigenvalue weighted by Crippen LogP contribution is -2.19. The zero-order valence-electron chi connectivity index (χ0n) is 14.0. The average Bonchev–Trinajstić information content (AvgIpc) is 3.08. The minimum atomic E-state index is -0.622. The average molecular weight is 324 g/mol. The number of rotatable bonds is 5. The van der Waals surface area contributed by atoms with Gasteiger partial charge < -0.3 is 10.4 Å². The van der Waals surface area contributed by atoms with Gasteiger partial charge in [-0.05, 0) is 56.6 Å². The molecule has 1 aliphatic heterocycles. The van der Waals surface area contributed by atoms with Gasteiger partial charge in [-0.1, -0.05) is 30.3 Å². The predicted octanol–water partition coefficient (Wildman–Crippen LogP) is 3.59. The van der Waals surface area contributed by atoms with Gasteiger partial charge in [-0.15, -0.1) is 0 Å². The van der Waals surface area contributed by atoms with Crippen molar-refractivity contribution < 1.29 is 9.90 Å². The number of anilines is 1. The third kappa shape index (κ3) is 4.02. The number of carbonyl (C=O) groups excluding carboxylic acids is 1. The quantitative estimate of drug-likeness (QED) is 0.884. The van der Waals surface area contributed by atoms with E-state index >= 15 is 0 Å². The van der Waals surface area contributed by atoms with Crippen LogP contribution in [0.15, 0.2) is 48.5 Å². The van der Waals surface area contributed by atoms with Gasteiger partial charge in [0.1, 0.15) is 0 Å². The zero-order chi connectivity index (χ0) is 16.9. The van der Waals surface area contributed by atoms with E-state index in [0.29, 0.717) is 11.3 Å². The van der Waals surface area contributed by atoms with Crippen LogP contribution in [0.25, 0.3) is 0 Å². The van der Waals surface area contributed by atoms with E-state index in [-0.39, 0.29) is 5.91 Å². The van der Waals surface area contributed by atoms with Crippen molar-refractivity contribution >= 4 is 11.6 Å². The molecule has 2 N–H and O–H groups in total. The lowest BCUT2D eigenvalue weighted by atomic mass is 10.1. The third-order valence-electron chi connectivity index (χ3n) is 4.45. The van der Waals surface area contributed by atoms with Gasteiger partial charge in [-0.2, -0.15) is 0 Å². The van der Waals surface area contributed by atoms with E-state index < -0.39 is 6.10 Å². The van der Waals surface area contributed by atoms with Crippen molar-refractivity contribution in [3.63, 3.8) is 0 Å². The zero-order valence-corrected chi connectivity index (χ0v) is 14.0. The van der Waals surface area contributed by atoms with Crippen LogP contribution >= 0.6 is 0 Å². The topological polar surface area (TPSA) is 52.6 Å². The van der Waals surface area contributed by atoms with E-state index in [1.165, 1.54) is 12.8 Å². The van der Waals surface area contributed by atoms with E-state index in [9.17, 15) is 9.90 Å². The van der Waals surface area contributed by atoms with Gasteiger partial charge in [-0.3, -0.25) is 9.69 Å². The molecule has 0 bridgehead atoms. The van der Waals surface area contributed by atoms with Crippen molar-refractivity contribution in [3.05, 3.63) is 65.2 Å². The van der Waals surface area contributed by atoms with Crippen molar-refractivity contribution in [2.24, 2.45) is 0 Å². The fraction of sp³-hybridized carbons (Fsp3) is 0.350. The van der Waals surface area contributed by atoms with Crippen LogP contribution in [-0.2, 0) is 6.54 Å². The SMILES string of the molecule is CC(O)c1ccccc1NC(=O)c1cccc(CN2CCCC2)c1. The Morgan fingerprint density at radius 2 is 1.92 bits per heavy atom. The number of benzene rings is 2. The Hall–Kier alpha value is -2.17. The largest absolute Gasteiger partial charge is 0.389 e. The van der Waals surface area contributed by atoms with E-state index in [0.717, 1.165) is 30.8 Å². The first-order valence-electron chi connectivity index (χ1n) is 8.53. The summed E-state index contributed by atoms with van der Waals surface area (Å²) in [7, 11) is 0. The fourth-order valence-corrected chi connectivity index (χ4v) is 3.18. The number of nitrogens with zero attached hydrogens (tertiary/aromatic N) is 1. The summed E-state index contributed by atoms with van der Waals surface area (Å²) in [6.45, 7) is 4.86. The molecule has 1 amide bonds. The van der Waals surface area contributed by atoms with Gasteiger partial charge in [0.25, 0.3) is 5.91 Å². The van der Waals surface area contributed by atoms with E-state index in [1.807, 2.05) is 42.5 Å². The summed E-state index contributed by atoms with van der Waals surface area (Å²) < 4.78 is 0. The summed E-state index contributed by atoms with van der Waals surface area (Å²) in [5.41, 5.74) is 3.18. The van der Waals surface area contributed by atoms with Gasteiger partial charge in [0.05, 0.1) is 6.10 Å². The number of aliphatic hydroxyl groups is 1. The van der Waals surface area contributed by atoms with Crippen LogP contribution in [0, 0.1) is 0 Å². The summed E-state index contributed by atoms with van der Waals surface area (Å²) >= 11 is 0. The maximum absolute atomic E-state index is 12.6. The van der Waals surface area contributed by atoms with Crippen LogP contribution in [0.5, 0.6) is 0 Å². The Labute approximate surface area is 143 Å². The molecule has 1 aliphatic rings. The number of hydrogen-bond acceptors (Lipinski definition) is 3. The van der Waals surface area contributed by atoms with Gasteiger partial charge >= 0.3 is 0 Å². The Balaban J connectivity index is 1.73. The van der Waals surface area contributed by atoms with Crippen molar-refractivity contribution in [1.29, 1.82) is 0 Å². The molecule has 24 heavy (non-hydrogen) atoms. The van der Waals surface area contributed by atoms with E-state index in [1.54, 1.807) is 6.92 Å². The molecule has 1 atom stereocenters. The Morgan fingerprint density at radius 3 is 2.67 bits per heavy atom. The first-order chi connectivity index (χ1) is 11.6. The van der Waals surface area contributed by atoms with Crippen LogP contribution in [0.1, 0.15) is 47.4 Å². The Morgan fingerprint density at radius 1 is 1.17 bits per heavy atom. The van der Waals surface area contributed by atoms with Gasteiger partial charge in [0.15, 0.2) is 0 Å². The van der Waals surface area contributed by atoms with Crippen LogP contribution in [0.4, 0.5) is 5.69 Å². The molecule has 4 nitrogen and oxygen atoms in total. The molecule has 1 saturated heterocycles. The number of likely N-dealkylation sites (tertiary alicyclic amines) is 1. The molecule has 0 radical (unpaired) electrons. The minimum Gasteiger partial charge on any atom is -0.389 e. The van der Waals surface area contributed by atoms with E-state index in [4.69, 9.17) is 0 Å². The van der Waals surface area contributed by atoms with Crippen LogP contribution in [-0.4, -0.2) is 29.0 Å². The van der Waals surface area contributed by atoms with E-state index in [2.05, 4.69) is 16.3 Å². The summed E-state index contributed by atoms with van der Waals surface area (Å²) in [4.78, 5) is 15.0. The molecule has 4 heteroatoms. The first kappa shape index (κ1) is 16.7. The van der Waals surface area contributed by atoms with Crippen molar-refractivity contribution in [3.8, 4) is 0 Å². The molecular weight excluding hydrogens is 300 g/mol. The molecule has 0 saturated carbocycles. The Kier molecular flexibility index (Phi) is 5.28. The standard InChI is InChI=1S/C20H24N2O2/c1-15(23)18-9-2-3-10-19(18)21-20(24)17-8-6-7-16(13-17)14-22-11-4-5-12-22/h2-3,6-10,13,15,23H,4-5,11-12,14H2,1H3,(H,21,24). The molecule has 1 unspecified atom stereocenters. The molecule has 0 aliphatic carbocycles. The lowest BCUT2D eigenvalue weighted by molar-refractivity contribution is 0.102. The maximum Gasteiger partial charge on any atom is 0.255 e. The maximum atomic E-state index is 12.6. The number of amides is 1. The smallest absolute Gasteiger partial charge is 0.255 e. The van der Waals surface area contributed by atoms with Gasteiger partial charge in [-0.25, -0.2) is 0 Å². The first-order valence-corrected chi connectivity index (χ1v) is 8.53. The van der Waals surface area contributed by atoms with Gasteiger partial charge in [0.2, 0.25) is 0 Å². The second-order valence-corrected chi connectivity index (χ2v) is 6.40. The molecule has 3 rings (SSSR count). The highest BCUT2D eigenvalue weighted by molar-refractivity contribution is 6.04. The van der Waals surface area contributed by atoms with Gasteiger partial charge in [0, 0.05) is 23.4 Å².